The SMILES string of the molecule is CCn1c(C(N)CCO)nc2cc(Cl)ccc21. The normalized spacial score (nSPS) is 13.2. The molecule has 5 heteroatoms. The topological polar surface area (TPSA) is 64.1 Å². The van der Waals surface area contributed by atoms with Crippen LogP contribution in [0.1, 0.15) is 25.2 Å². The maximum absolute atomic E-state index is 8.94. The maximum atomic E-state index is 8.94. The Morgan fingerprint density at radius 2 is 2.29 bits per heavy atom. The number of aromatic nitrogens is 2. The third-order valence-corrected chi connectivity index (χ3v) is 3.06. The monoisotopic (exact) mass is 253 g/mol. The van der Waals surface area contributed by atoms with Gasteiger partial charge in [0.1, 0.15) is 5.82 Å². The first kappa shape index (κ1) is 12.4. The molecule has 0 saturated heterocycles. The third kappa shape index (κ3) is 2.29. The van der Waals surface area contributed by atoms with Gasteiger partial charge in [-0.25, -0.2) is 4.98 Å². The van der Waals surface area contributed by atoms with Gasteiger partial charge in [0, 0.05) is 18.2 Å². The van der Waals surface area contributed by atoms with Crippen LogP contribution in [0.25, 0.3) is 11.0 Å². The van der Waals surface area contributed by atoms with Gasteiger partial charge in [-0.1, -0.05) is 11.6 Å². The average molecular weight is 254 g/mol. The molecule has 0 aliphatic rings. The first-order chi connectivity index (χ1) is 8.17. The summed E-state index contributed by atoms with van der Waals surface area (Å²) in [4.78, 5) is 4.51. The zero-order valence-electron chi connectivity index (χ0n) is 9.73. The van der Waals surface area contributed by atoms with Gasteiger partial charge in [-0.2, -0.15) is 0 Å². The molecule has 2 rings (SSSR count). The molecule has 3 N–H and O–H groups in total. The van der Waals surface area contributed by atoms with Crippen LogP contribution < -0.4 is 5.73 Å². The lowest BCUT2D eigenvalue weighted by molar-refractivity contribution is 0.273. The van der Waals surface area contributed by atoms with Crippen molar-refractivity contribution in [1.82, 2.24) is 9.55 Å². The molecule has 0 spiro atoms. The van der Waals surface area contributed by atoms with Crippen LogP contribution in [0, 0.1) is 0 Å². The third-order valence-electron chi connectivity index (χ3n) is 2.83. The minimum atomic E-state index is -0.244. The van der Waals surface area contributed by atoms with Crippen molar-refractivity contribution < 1.29 is 5.11 Å². The van der Waals surface area contributed by atoms with Crippen molar-refractivity contribution in [1.29, 1.82) is 0 Å². The van der Waals surface area contributed by atoms with E-state index in [1.54, 1.807) is 0 Å². The summed E-state index contributed by atoms with van der Waals surface area (Å²) in [6.45, 7) is 2.91. The molecule has 2 aromatic rings. The van der Waals surface area contributed by atoms with Crippen LogP contribution in [0.15, 0.2) is 18.2 Å². The number of aliphatic hydroxyl groups excluding tert-OH is 1. The lowest BCUT2D eigenvalue weighted by Crippen LogP contribution is -2.17. The summed E-state index contributed by atoms with van der Waals surface area (Å²) in [5.41, 5.74) is 7.89. The number of benzene rings is 1. The minimum absolute atomic E-state index is 0.0643. The van der Waals surface area contributed by atoms with E-state index in [4.69, 9.17) is 22.4 Å². The van der Waals surface area contributed by atoms with E-state index in [-0.39, 0.29) is 12.6 Å². The van der Waals surface area contributed by atoms with E-state index >= 15 is 0 Å². The molecular formula is C12H16ClN3O. The van der Waals surface area contributed by atoms with Crippen LogP contribution in [-0.2, 0) is 6.54 Å². The number of hydrogen-bond acceptors (Lipinski definition) is 3. The molecule has 4 nitrogen and oxygen atoms in total. The predicted molar refractivity (Wildman–Crippen MR) is 69.0 cm³/mol. The van der Waals surface area contributed by atoms with Gasteiger partial charge in [-0.05, 0) is 31.5 Å². The fourth-order valence-electron chi connectivity index (χ4n) is 2.01. The molecule has 0 radical (unpaired) electrons. The zero-order valence-corrected chi connectivity index (χ0v) is 10.5. The largest absolute Gasteiger partial charge is 0.396 e. The number of rotatable bonds is 4. The van der Waals surface area contributed by atoms with E-state index in [1.165, 1.54) is 0 Å². The van der Waals surface area contributed by atoms with Gasteiger partial charge in [0.05, 0.1) is 17.1 Å². The van der Waals surface area contributed by atoms with Gasteiger partial charge in [0.2, 0.25) is 0 Å². The lowest BCUT2D eigenvalue weighted by atomic mass is 10.2. The van der Waals surface area contributed by atoms with Crippen LogP contribution in [0.4, 0.5) is 0 Å². The summed E-state index contributed by atoms with van der Waals surface area (Å²) in [6.07, 6.45) is 0.511. The highest BCUT2D eigenvalue weighted by Gasteiger charge is 2.15. The molecule has 0 fully saturated rings. The van der Waals surface area contributed by atoms with Gasteiger partial charge >= 0.3 is 0 Å². The predicted octanol–water partition coefficient (Wildman–Crippen LogP) is 2.09. The van der Waals surface area contributed by atoms with Crippen molar-refractivity contribution in [2.45, 2.75) is 25.9 Å². The summed E-state index contributed by atoms with van der Waals surface area (Å²) in [5, 5.41) is 9.61. The smallest absolute Gasteiger partial charge is 0.126 e. The Bertz CT molecular complexity index is 524. The lowest BCUT2D eigenvalue weighted by Gasteiger charge is -2.11. The fraction of sp³-hybridized carbons (Fsp3) is 0.417. The molecule has 0 amide bonds. The van der Waals surface area contributed by atoms with E-state index in [9.17, 15) is 0 Å². The fourth-order valence-corrected chi connectivity index (χ4v) is 2.17. The minimum Gasteiger partial charge on any atom is -0.396 e. The molecule has 1 heterocycles. The molecule has 0 aliphatic heterocycles. The number of aliphatic hydroxyl groups is 1. The molecule has 1 atom stereocenters. The first-order valence-corrected chi connectivity index (χ1v) is 6.07. The van der Waals surface area contributed by atoms with E-state index in [0.29, 0.717) is 11.4 Å². The van der Waals surface area contributed by atoms with E-state index in [2.05, 4.69) is 9.55 Å². The molecular weight excluding hydrogens is 238 g/mol. The maximum Gasteiger partial charge on any atom is 0.126 e. The van der Waals surface area contributed by atoms with Crippen LogP contribution in [-0.4, -0.2) is 21.3 Å². The first-order valence-electron chi connectivity index (χ1n) is 5.69. The standard InChI is InChI=1S/C12H16ClN3O/c1-2-16-11-4-3-8(13)7-10(11)15-12(16)9(14)5-6-17/h3-4,7,9,17H,2,5-6,14H2,1H3. The second-order valence-corrected chi connectivity index (χ2v) is 4.40. The number of aryl methyl sites for hydroxylation is 1. The van der Waals surface area contributed by atoms with Crippen LogP contribution in [0.2, 0.25) is 5.02 Å². The Morgan fingerprint density at radius 1 is 1.53 bits per heavy atom. The Kier molecular flexibility index (Phi) is 3.66. The molecule has 0 saturated carbocycles. The highest BCUT2D eigenvalue weighted by atomic mass is 35.5. The van der Waals surface area contributed by atoms with Crippen molar-refractivity contribution in [3.8, 4) is 0 Å². The summed E-state index contributed by atoms with van der Waals surface area (Å²) in [7, 11) is 0. The molecule has 92 valence electrons. The van der Waals surface area contributed by atoms with Gasteiger partial charge in [-0.15, -0.1) is 0 Å². The Balaban J connectivity index is 2.55. The van der Waals surface area contributed by atoms with Crippen molar-refractivity contribution in [2.24, 2.45) is 5.73 Å². The van der Waals surface area contributed by atoms with Crippen molar-refractivity contribution >= 4 is 22.6 Å². The summed E-state index contributed by atoms with van der Waals surface area (Å²) in [6, 6.07) is 5.38. The second kappa shape index (κ2) is 5.04. The van der Waals surface area contributed by atoms with Crippen LogP contribution in [0.5, 0.6) is 0 Å². The number of hydrogen-bond donors (Lipinski definition) is 2. The quantitative estimate of drug-likeness (QED) is 0.877. The van der Waals surface area contributed by atoms with Crippen molar-refractivity contribution in [2.75, 3.05) is 6.61 Å². The molecule has 1 unspecified atom stereocenters. The van der Waals surface area contributed by atoms with E-state index in [0.717, 1.165) is 23.4 Å². The number of imidazole rings is 1. The number of halogens is 1. The van der Waals surface area contributed by atoms with Gasteiger partial charge in [-0.3, -0.25) is 0 Å². The van der Waals surface area contributed by atoms with Crippen molar-refractivity contribution in [3.63, 3.8) is 0 Å². The molecule has 0 aliphatic carbocycles. The number of nitrogens with two attached hydrogens (primary N) is 1. The van der Waals surface area contributed by atoms with Gasteiger partial charge < -0.3 is 15.4 Å². The van der Waals surface area contributed by atoms with E-state index in [1.807, 2.05) is 25.1 Å². The molecule has 17 heavy (non-hydrogen) atoms. The molecule has 1 aromatic carbocycles. The number of fused-ring (bicyclic) bond motifs is 1. The molecule has 0 bridgehead atoms. The summed E-state index contributed by atoms with van der Waals surface area (Å²) >= 11 is 5.94. The highest BCUT2D eigenvalue weighted by Crippen LogP contribution is 2.23. The van der Waals surface area contributed by atoms with Crippen LogP contribution >= 0.6 is 11.6 Å². The Labute approximate surface area is 105 Å². The Morgan fingerprint density at radius 3 is 2.94 bits per heavy atom. The van der Waals surface area contributed by atoms with E-state index < -0.39 is 0 Å². The number of nitrogens with zero attached hydrogens (tertiary/aromatic N) is 2. The van der Waals surface area contributed by atoms with Gasteiger partial charge in [0.25, 0.3) is 0 Å². The van der Waals surface area contributed by atoms with Gasteiger partial charge in [0.15, 0.2) is 0 Å². The average Bonchev–Trinajstić information content (AvgIpc) is 2.66. The molecule has 1 aromatic heterocycles. The second-order valence-electron chi connectivity index (χ2n) is 3.97. The Hall–Kier alpha value is -1.10. The summed E-state index contributed by atoms with van der Waals surface area (Å²) in [5.74, 6) is 0.804. The van der Waals surface area contributed by atoms with Crippen molar-refractivity contribution in [3.05, 3.63) is 29.0 Å². The summed E-state index contributed by atoms with van der Waals surface area (Å²) < 4.78 is 2.06. The highest BCUT2D eigenvalue weighted by molar-refractivity contribution is 6.31. The zero-order chi connectivity index (χ0) is 12.4. The van der Waals surface area contributed by atoms with Crippen LogP contribution in [0.3, 0.4) is 0 Å².